The van der Waals surface area contributed by atoms with Crippen LogP contribution in [-0.2, 0) is 16.1 Å². The number of phenolic OH excluding ortho intramolecular Hbond substituents is 1. The minimum Gasteiger partial charge on any atom is -0.506 e. The topological polar surface area (TPSA) is 70.6 Å². The van der Waals surface area contributed by atoms with E-state index in [1.165, 1.54) is 0 Å². The molecule has 0 aliphatic carbocycles. The molecule has 19 heavy (non-hydrogen) atoms. The van der Waals surface area contributed by atoms with E-state index in [0.29, 0.717) is 24.2 Å². The van der Waals surface area contributed by atoms with Gasteiger partial charge in [0, 0.05) is 25.8 Å². The standard InChI is InChI=1S/C13H19BrN2O3/c1-9(13(18)15-6-7-19-2)16-8-10-4-3-5-11(14)12(10)17/h3-5,9,16-17H,6-8H2,1-2H3,(H,15,18). The van der Waals surface area contributed by atoms with Crippen LogP contribution in [0.3, 0.4) is 0 Å². The minimum atomic E-state index is -0.338. The number of para-hydroxylation sites is 1. The Kier molecular flexibility index (Phi) is 6.83. The number of aromatic hydroxyl groups is 1. The van der Waals surface area contributed by atoms with Crippen LogP contribution in [0.4, 0.5) is 0 Å². The van der Waals surface area contributed by atoms with Crippen molar-refractivity contribution in [3.8, 4) is 5.75 Å². The lowest BCUT2D eigenvalue weighted by Gasteiger charge is -2.14. The second kappa shape index (κ2) is 8.14. The van der Waals surface area contributed by atoms with Gasteiger partial charge >= 0.3 is 0 Å². The lowest BCUT2D eigenvalue weighted by atomic mass is 10.2. The Balaban J connectivity index is 2.43. The Labute approximate surface area is 121 Å². The molecule has 1 amide bonds. The van der Waals surface area contributed by atoms with E-state index < -0.39 is 0 Å². The Bertz CT molecular complexity index is 426. The molecule has 0 saturated carbocycles. The Morgan fingerprint density at radius 1 is 1.53 bits per heavy atom. The van der Waals surface area contributed by atoms with Crippen molar-refractivity contribution in [2.24, 2.45) is 0 Å². The Morgan fingerprint density at radius 2 is 2.26 bits per heavy atom. The van der Waals surface area contributed by atoms with Crippen molar-refractivity contribution >= 4 is 21.8 Å². The van der Waals surface area contributed by atoms with Crippen molar-refractivity contribution in [2.75, 3.05) is 20.3 Å². The van der Waals surface area contributed by atoms with Crippen molar-refractivity contribution < 1.29 is 14.6 Å². The summed E-state index contributed by atoms with van der Waals surface area (Å²) in [5, 5.41) is 15.6. The zero-order valence-corrected chi connectivity index (χ0v) is 12.7. The SMILES string of the molecule is COCCNC(=O)C(C)NCc1cccc(Br)c1O. The summed E-state index contributed by atoms with van der Waals surface area (Å²) in [6, 6.07) is 5.07. The third kappa shape index (κ3) is 5.18. The number of benzene rings is 1. The smallest absolute Gasteiger partial charge is 0.236 e. The zero-order chi connectivity index (χ0) is 14.3. The van der Waals surface area contributed by atoms with Crippen molar-refractivity contribution in [2.45, 2.75) is 19.5 Å². The van der Waals surface area contributed by atoms with Gasteiger partial charge in [-0.3, -0.25) is 4.79 Å². The maximum atomic E-state index is 11.7. The maximum absolute atomic E-state index is 11.7. The summed E-state index contributed by atoms with van der Waals surface area (Å²) >= 11 is 3.25. The highest BCUT2D eigenvalue weighted by atomic mass is 79.9. The van der Waals surface area contributed by atoms with E-state index in [2.05, 4.69) is 26.6 Å². The molecule has 5 nitrogen and oxygen atoms in total. The molecule has 3 N–H and O–H groups in total. The van der Waals surface area contributed by atoms with Crippen LogP contribution in [-0.4, -0.2) is 37.3 Å². The Hall–Kier alpha value is -1.11. The fourth-order valence-electron chi connectivity index (χ4n) is 1.49. The summed E-state index contributed by atoms with van der Waals surface area (Å²) in [6.07, 6.45) is 0. The second-order valence-electron chi connectivity index (χ2n) is 4.13. The van der Waals surface area contributed by atoms with E-state index in [0.717, 1.165) is 5.56 Å². The number of methoxy groups -OCH3 is 1. The monoisotopic (exact) mass is 330 g/mol. The molecular formula is C13H19BrN2O3. The second-order valence-corrected chi connectivity index (χ2v) is 4.99. The number of hydrogen-bond acceptors (Lipinski definition) is 4. The zero-order valence-electron chi connectivity index (χ0n) is 11.1. The predicted molar refractivity (Wildman–Crippen MR) is 77.0 cm³/mol. The van der Waals surface area contributed by atoms with Gasteiger partial charge in [-0.05, 0) is 28.9 Å². The number of ether oxygens (including phenoxy) is 1. The van der Waals surface area contributed by atoms with Crippen LogP contribution < -0.4 is 10.6 Å². The number of nitrogens with one attached hydrogen (secondary N) is 2. The highest BCUT2D eigenvalue weighted by Gasteiger charge is 2.12. The number of phenols is 1. The number of halogens is 1. The van der Waals surface area contributed by atoms with E-state index in [-0.39, 0.29) is 17.7 Å². The van der Waals surface area contributed by atoms with Gasteiger partial charge in [-0.25, -0.2) is 0 Å². The number of rotatable bonds is 7. The van der Waals surface area contributed by atoms with Crippen molar-refractivity contribution in [3.05, 3.63) is 28.2 Å². The number of carbonyl (C=O) groups is 1. The Morgan fingerprint density at radius 3 is 2.95 bits per heavy atom. The van der Waals surface area contributed by atoms with Crippen LogP contribution in [0.5, 0.6) is 5.75 Å². The number of amides is 1. The van der Waals surface area contributed by atoms with Crippen LogP contribution in [0.2, 0.25) is 0 Å². The van der Waals surface area contributed by atoms with Crippen LogP contribution in [0, 0.1) is 0 Å². The van der Waals surface area contributed by atoms with Gasteiger partial charge in [-0.2, -0.15) is 0 Å². The molecule has 0 fully saturated rings. The van der Waals surface area contributed by atoms with Crippen molar-refractivity contribution in [1.82, 2.24) is 10.6 Å². The third-order valence-electron chi connectivity index (χ3n) is 2.67. The molecule has 0 aromatic heterocycles. The molecule has 0 saturated heterocycles. The van der Waals surface area contributed by atoms with Crippen LogP contribution >= 0.6 is 15.9 Å². The number of carbonyl (C=O) groups excluding carboxylic acids is 1. The quantitative estimate of drug-likeness (QED) is 0.661. The molecule has 0 radical (unpaired) electrons. The first-order valence-corrected chi connectivity index (χ1v) is 6.82. The molecule has 0 aliphatic rings. The van der Waals surface area contributed by atoms with Gasteiger partial charge in [0.1, 0.15) is 5.75 Å². The highest BCUT2D eigenvalue weighted by Crippen LogP contribution is 2.27. The average Bonchev–Trinajstić information content (AvgIpc) is 2.40. The van der Waals surface area contributed by atoms with Gasteiger partial charge < -0.3 is 20.5 Å². The lowest BCUT2D eigenvalue weighted by Crippen LogP contribution is -2.42. The molecule has 1 rings (SSSR count). The molecule has 0 spiro atoms. The first-order valence-electron chi connectivity index (χ1n) is 6.02. The summed E-state index contributed by atoms with van der Waals surface area (Å²) in [7, 11) is 1.59. The summed E-state index contributed by atoms with van der Waals surface area (Å²) in [5.41, 5.74) is 0.742. The van der Waals surface area contributed by atoms with Gasteiger partial charge in [0.15, 0.2) is 0 Å². The number of hydrogen-bond donors (Lipinski definition) is 3. The lowest BCUT2D eigenvalue weighted by molar-refractivity contribution is -0.123. The third-order valence-corrected chi connectivity index (χ3v) is 3.31. The van der Waals surface area contributed by atoms with E-state index in [1.807, 2.05) is 12.1 Å². The van der Waals surface area contributed by atoms with E-state index in [4.69, 9.17) is 4.74 Å². The van der Waals surface area contributed by atoms with Gasteiger partial charge in [0.25, 0.3) is 0 Å². The molecule has 0 aliphatic heterocycles. The highest BCUT2D eigenvalue weighted by molar-refractivity contribution is 9.10. The normalized spacial score (nSPS) is 12.2. The first kappa shape index (κ1) is 15.9. The largest absolute Gasteiger partial charge is 0.506 e. The molecule has 1 atom stereocenters. The van der Waals surface area contributed by atoms with E-state index >= 15 is 0 Å². The molecule has 1 aromatic carbocycles. The molecule has 106 valence electrons. The van der Waals surface area contributed by atoms with Gasteiger partial charge in [-0.1, -0.05) is 12.1 Å². The first-order chi connectivity index (χ1) is 9.06. The molecule has 0 heterocycles. The van der Waals surface area contributed by atoms with Gasteiger partial charge in [0.05, 0.1) is 17.1 Å². The fourth-order valence-corrected chi connectivity index (χ4v) is 1.90. The summed E-state index contributed by atoms with van der Waals surface area (Å²) in [6.45, 7) is 3.18. The molecular weight excluding hydrogens is 312 g/mol. The summed E-state index contributed by atoms with van der Waals surface area (Å²) in [4.78, 5) is 11.7. The molecule has 1 aromatic rings. The van der Waals surface area contributed by atoms with Crippen molar-refractivity contribution in [3.63, 3.8) is 0 Å². The maximum Gasteiger partial charge on any atom is 0.236 e. The van der Waals surface area contributed by atoms with Crippen LogP contribution in [0.25, 0.3) is 0 Å². The van der Waals surface area contributed by atoms with Crippen molar-refractivity contribution in [1.29, 1.82) is 0 Å². The molecule has 0 bridgehead atoms. The van der Waals surface area contributed by atoms with Gasteiger partial charge in [-0.15, -0.1) is 0 Å². The van der Waals surface area contributed by atoms with Crippen LogP contribution in [0.1, 0.15) is 12.5 Å². The minimum absolute atomic E-state index is 0.0912. The molecule has 6 heteroatoms. The van der Waals surface area contributed by atoms with E-state index in [1.54, 1.807) is 20.1 Å². The summed E-state index contributed by atoms with van der Waals surface area (Å²) in [5.74, 6) is 0.105. The molecule has 1 unspecified atom stereocenters. The van der Waals surface area contributed by atoms with Crippen LogP contribution in [0.15, 0.2) is 22.7 Å². The van der Waals surface area contributed by atoms with Gasteiger partial charge in [0.2, 0.25) is 5.91 Å². The fraction of sp³-hybridized carbons (Fsp3) is 0.462. The average molecular weight is 331 g/mol. The summed E-state index contributed by atoms with van der Waals surface area (Å²) < 4.78 is 5.50. The predicted octanol–water partition coefficient (Wildman–Crippen LogP) is 1.40. The van der Waals surface area contributed by atoms with E-state index in [9.17, 15) is 9.90 Å².